The lowest BCUT2D eigenvalue weighted by Gasteiger charge is -2.64. The van der Waals surface area contributed by atoms with Crippen molar-refractivity contribution < 1.29 is 0 Å². The van der Waals surface area contributed by atoms with Crippen LogP contribution in [0.4, 0.5) is 0 Å². The maximum Gasteiger partial charge on any atom is 0.0135 e. The van der Waals surface area contributed by atoms with E-state index in [1.165, 1.54) is 57.8 Å². The molecule has 3 aliphatic heterocycles. The van der Waals surface area contributed by atoms with Crippen molar-refractivity contribution in [3.8, 4) is 0 Å². The van der Waals surface area contributed by atoms with E-state index in [1.54, 1.807) is 77.0 Å². The van der Waals surface area contributed by atoms with E-state index >= 15 is 0 Å². The minimum atomic E-state index is 0.575. The second kappa shape index (κ2) is 11.4. The number of hydrogen-bond acceptors (Lipinski definition) is 3. The Hall–Kier alpha value is 0.660. The zero-order valence-electron chi connectivity index (χ0n) is 27.3. The Morgan fingerprint density at radius 1 is 0.476 bits per heavy atom. The van der Waals surface area contributed by atoms with Crippen LogP contribution in [0.2, 0.25) is 0 Å². The van der Waals surface area contributed by atoms with Gasteiger partial charge in [0.25, 0.3) is 0 Å². The molecule has 6 aliphatic carbocycles. The average Bonchev–Trinajstić information content (AvgIpc) is 3.60. The Balaban J connectivity index is 0.905. The Kier molecular flexibility index (Phi) is 7.84. The van der Waals surface area contributed by atoms with Gasteiger partial charge in [-0.2, -0.15) is 23.5 Å². The summed E-state index contributed by atoms with van der Waals surface area (Å²) in [5.41, 5.74) is 0.575. The summed E-state index contributed by atoms with van der Waals surface area (Å²) in [4.78, 5) is 3.30. The molecule has 6 saturated carbocycles. The Bertz CT molecular complexity index is 945. The summed E-state index contributed by atoms with van der Waals surface area (Å²) >= 11 is 5.15. The number of rotatable bonds is 2. The molecule has 0 aromatic heterocycles. The summed E-state index contributed by atoms with van der Waals surface area (Å²) in [5.74, 6) is 8.48. The lowest BCUT2D eigenvalue weighted by Crippen LogP contribution is -2.66. The summed E-state index contributed by atoms with van der Waals surface area (Å²) < 4.78 is 0. The van der Waals surface area contributed by atoms with E-state index in [-0.39, 0.29) is 0 Å². The molecule has 3 heterocycles. The lowest BCUT2D eigenvalue weighted by molar-refractivity contribution is -0.143. The number of fused-ring (bicyclic) bond motifs is 9. The summed E-state index contributed by atoms with van der Waals surface area (Å²) in [6, 6.07) is 2.76. The fourth-order valence-electron chi connectivity index (χ4n) is 14.6. The van der Waals surface area contributed by atoms with Crippen LogP contribution in [-0.2, 0) is 0 Å². The normalized spacial score (nSPS) is 55.4. The number of piperidine rings is 1. The van der Waals surface area contributed by atoms with Crippen molar-refractivity contribution in [2.75, 3.05) is 0 Å². The van der Waals surface area contributed by atoms with E-state index in [9.17, 15) is 0 Å². The molecule has 9 fully saturated rings. The predicted octanol–water partition coefficient (Wildman–Crippen LogP) is 10.6. The molecule has 236 valence electrons. The number of likely N-dealkylation sites (tertiary alicyclic amines) is 1. The summed E-state index contributed by atoms with van der Waals surface area (Å²) in [6.45, 7) is 5.43. The number of hydrogen-bond donors (Lipinski definition) is 0. The highest BCUT2D eigenvalue weighted by Gasteiger charge is 2.60. The minimum absolute atomic E-state index is 0.575. The quantitative estimate of drug-likeness (QED) is 0.307. The van der Waals surface area contributed by atoms with E-state index in [4.69, 9.17) is 0 Å². The molecule has 0 aromatic rings. The second-order valence-electron chi connectivity index (χ2n) is 18.1. The molecule has 13 unspecified atom stereocenters. The summed E-state index contributed by atoms with van der Waals surface area (Å²) in [5, 5.41) is 4.19. The molecule has 0 amide bonds. The van der Waals surface area contributed by atoms with Gasteiger partial charge in [0.05, 0.1) is 0 Å². The van der Waals surface area contributed by atoms with Gasteiger partial charge < -0.3 is 0 Å². The zero-order valence-corrected chi connectivity index (χ0v) is 28.9. The predicted molar refractivity (Wildman–Crippen MR) is 182 cm³/mol. The first-order valence-electron chi connectivity index (χ1n) is 19.7. The van der Waals surface area contributed by atoms with Gasteiger partial charge >= 0.3 is 0 Å². The Morgan fingerprint density at radius 2 is 1.10 bits per heavy atom. The zero-order chi connectivity index (χ0) is 28.0. The minimum Gasteiger partial charge on any atom is -0.294 e. The monoisotopic (exact) mass is 609 g/mol. The summed E-state index contributed by atoms with van der Waals surface area (Å²) in [7, 11) is 0. The Morgan fingerprint density at radius 3 is 1.86 bits per heavy atom. The van der Waals surface area contributed by atoms with Crippen LogP contribution in [0.5, 0.6) is 0 Å². The third-order valence-electron chi connectivity index (χ3n) is 16.3. The van der Waals surface area contributed by atoms with Gasteiger partial charge in [0, 0.05) is 39.1 Å². The van der Waals surface area contributed by atoms with Gasteiger partial charge in [0.2, 0.25) is 0 Å². The van der Waals surface area contributed by atoms with Gasteiger partial charge in [-0.25, -0.2) is 0 Å². The van der Waals surface area contributed by atoms with Gasteiger partial charge in [-0.3, -0.25) is 4.90 Å². The van der Waals surface area contributed by atoms with Gasteiger partial charge in [0.15, 0.2) is 0 Å². The molecule has 3 saturated heterocycles. The summed E-state index contributed by atoms with van der Waals surface area (Å²) in [6.07, 6.45) is 32.5. The molecule has 9 aliphatic rings. The maximum absolute atomic E-state index is 3.30. The van der Waals surface area contributed by atoms with E-state index in [0.717, 1.165) is 86.5 Å². The van der Waals surface area contributed by atoms with E-state index < -0.39 is 0 Å². The van der Waals surface area contributed by atoms with Crippen molar-refractivity contribution >= 4 is 23.5 Å². The van der Waals surface area contributed by atoms with Crippen molar-refractivity contribution in [2.45, 2.75) is 188 Å². The number of thioether (sulfide) groups is 2. The van der Waals surface area contributed by atoms with Crippen LogP contribution in [0.3, 0.4) is 0 Å². The molecule has 1 nitrogen and oxygen atoms in total. The van der Waals surface area contributed by atoms with Crippen LogP contribution < -0.4 is 0 Å². The molecule has 42 heavy (non-hydrogen) atoms. The standard InChI is InChI=1S/C39H63NS2/c1-39(2)30-13-4-6-15-32(30)40(33-16-7-5-14-31(33)39)25-20-18-24(19-21-25)26-11-9-12-27-28-22-23-35-36(38(28)42-37(26)27)29-10-3-8-17-34(29)41-35/h24-38H,3-23H2,1-2H3. The van der Waals surface area contributed by atoms with Crippen molar-refractivity contribution in [3.63, 3.8) is 0 Å². The van der Waals surface area contributed by atoms with E-state index in [1.807, 2.05) is 0 Å². The molecular weight excluding hydrogens is 547 g/mol. The van der Waals surface area contributed by atoms with Crippen LogP contribution in [0.1, 0.15) is 149 Å². The first-order valence-corrected chi connectivity index (χ1v) is 21.6. The topological polar surface area (TPSA) is 3.24 Å². The highest BCUT2D eigenvalue weighted by molar-refractivity contribution is 8.02. The third kappa shape index (κ3) is 4.54. The molecule has 0 radical (unpaired) electrons. The van der Waals surface area contributed by atoms with Crippen molar-refractivity contribution in [3.05, 3.63) is 0 Å². The first kappa shape index (κ1) is 28.8. The molecule has 0 bridgehead atoms. The van der Waals surface area contributed by atoms with Gasteiger partial charge in [-0.1, -0.05) is 58.8 Å². The Labute approximate surface area is 268 Å². The first-order chi connectivity index (χ1) is 20.6. The fourth-order valence-corrected chi connectivity index (χ4v) is 19.4. The van der Waals surface area contributed by atoms with Crippen LogP contribution in [-0.4, -0.2) is 44.0 Å². The van der Waals surface area contributed by atoms with Crippen molar-refractivity contribution in [1.82, 2.24) is 4.90 Å². The van der Waals surface area contributed by atoms with E-state index in [2.05, 4.69) is 42.3 Å². The molecule has 0 N–H and O–H groups in total. The average molecular weight is 610 g/mol. The fraction of sp³-hybridized carbons (Fsp3) is 1.00. The van der Waals surface area contributed by atoms with Gasteiger partial charge in [-0.15, -0.1) is 0 Å². The number of nitrogens with zero attached hydrogens (tertiary/aromatic N) is 1. The molecule has 13 atom stereocenters. The van der Waals surface area contributed by atoms with Gasteiger partial charge in [-0.05, 0) is 143 Å². The van der Waals surface area contributed by atoms with Crippen molar-refractivity contribution in [2.24, 2.45) is 52.8 Å². The molecule has 0 spiro atoms. The molecule has 9 rings (SSSR count). The van der Waals surface area contributed by atoms with Gasteiger partial charge in [0.1, 0.15) is 0 Å². The van der Waals surface area contributed by atoms with Crippen LogP contribution in [0.25, 0.3) is 0 Å². The maximum atomic E-state index is 3.30. The third-order valence-corrected chi connectivity index (χ3v) is 20.1. The molecular formula is C39H63NS2. The smallest absolute Gasteiger partial charge is 0.0135 e. The van der Waals surface area contributed by atoms with Crippen molar-refractivity contribution in [1.29, 1.82) is 0 Å². The van der Waals surface area contributed by atoms with Crippen LogP contribution in [0, 0.1) is 52.8 Å². The van der Waals surface area contributed by atoms with Crippen LogP contribution >= 0.6 is 23.5 Å². The molecule has 3 heteroatoms. The van der Waals surface area contributed by atoms with E-state index in [0.29, 0.717) is 5.41 Å². The molecule has 0 aromatic carbocycles. The highest BCUT2D eigenvalue weighted by atomic mass is 32.2. The highest BCUT2D eigenvalue weighted by Crippen LogP contribution is 2.66. The largest absolute Gasteiger partial charge is 0.294 e. The lowest BCUT2D eigenvalue weighted by atomic mass is 9.54. The van der Waals surface area contributed by atoms with Crippen LogP contribution in [0.15, 0.2) is 0 Å². The SMILES string of the molecule is CC1(C)C2CCCCC2N(C2CCC(C3CCCC4C5CCC6SC7CCCCC7C6C5SC34)CC2)C2CCCCC21. The second-order valence-corrected chi connectivity index (χ2v) is 20.9.